The lowest BCUT2D eigenvalue weighted by Crippen LogP contribution is -2.36. The summed E-state index contributed by atoms with van der Waals surface area (Å²) >= 11 is 0. The molecule has 1 saturated heterocycles. The second-order valence-electron chi connectivity index (χ2n) is 5.80. The van der Waals surface area contributed by atoms with E-state index in [2.05, 4.69) is 10.2 Å². The molecule has 0 saturated carbocycles. The van der Waals surface area contributed by atoms with Gasteiger partial charge < -0.3 is 14.2 Å². The highest BCUT2D eigenvalue weighted by Crippen LogP contribution is 2.24. The van der Waals surface area contributed by atoms with Crippen LogP contribution in [0.1, 0.15) is 36.2 Å². The first-order valence-electron chi connectivity index (χ1n) is 8.02. The Morgan fingerprint density at radius 2 is 2.17 bits per heavy atom. The molecule has 2 aromatic rings. The summed E-state index contributed by atoms with van der Waals surface area (Å²) in [4.78, 5) is 14.4. The number of furan rings is 2. The summed E-state index contributed by atoms with van der Waals surface area (Å²) in [6.45, 7) is 4.50. The molecule has 1 aliphatic rings. The fourth-order valence-electron chi connectivity index (χ4n) is 2.90. The van der Waals surface area contributed by atoms with E-state index in [9.17, 15) is 4.79 Å². The molecule has 1 N–H and O–H groups in total. The number of nitrogens with zero attached hydrogens (tertiary/aromatic N) is 1. The normalized spacial score (nSPS) is 16.9. The molecule has 5 heteroatoms. The van der Waals surface area contributed by atoms with Crippen molar-refractivity contribution in [1.29, 1.82) is 0 Å². The summed E-state index contributed by atoms with van der Waals surface area (Å²) in [7, 11) is 0. The van der Waals surface area contributed by atoms with Crippen molar-refractivity contribution < 1.29 is 13.6 Å². The zero-order chi connectivity index (χ0) is 16.1. The van der Waals surface area contributed by atoms with E-state index < -0.39 is 0 Å². The minimum Gasteiger partial charge on any atom is -0.468 e. The molecule has 1 fully saturated rings. The third-order valence-electron chi connectivity index (χ3n) is 4.08. The molecule has 1 amide bonds. The van der Waals surface area contributed by atoms with Crippen molar-refractivity contribution in [3.8, 4) is 0 Å². The first-order chi connectivity index (χ1) is 11.2. The Kier molecular flexibility index (Phi) is 4.98. The summed E-state index contributed by atoms with van der Waals surface area (Å²) in [6, 6.07) is 7.67. The lowest BCUT2D eigenvalue weighted by molar-refractivity contribution is -0.116. The molecular formula is C18H22N2O3. The van der Waals surface area contributed by atoms with Crippen LogP contribution in [0.3, 0.4) is 0 Å². The zero-order valence-corrected chi connectivity index (χ0v) is 13.3. The number of hydrogen-bond acceptors (Lipinski definition) is 4. The van der Waals surface area contributed by atoms with Crippen LogP contribution in [0.15, 0.2) is 45.4 Å². The minimum absolute atomic E-state index is 0.0932. The topological polar surface area (TPSA) is 58.6 Å². The Morgan fingerprint density at radius 1 is 1.35 bits per heavy atom. The van der Waals surface area contributed by atoms with Crippen molar-refractivity contribution in [3.63, 3.8) is 0 Å². The van der Waals surface area contributed by atoms with Gasteiger partial charge in [0.05, 0.1) is 12.3 Å². The van der Waals surface area contributed by atoms with Crippen LogP contribution in [0, 0.1) is 6.92 Å². The number of carbonyl (C=O) groups excluding carboxylic acids is 1. The van der Waals surface area contributed by atoms with Gasteiger partial charge in [-0.1, -0.05) is 0 Å². The third-order valence-corrected chi connectivity index (χ3v) is 4.08. The van der Waals surface area contributed by atoms with Gasteiger partial charge in [-0.25, -0.2) is 0 Å². The number of rotatable bonds is 6. The fraction of sp³-hybridized carbons (Fsp3) is 0.389. The lowest BCUT2D eigenvalue weighted by Gasteiger charge is -2.25. The van der Waals surface area contributed by atoms with Gasteiger partial charge in [-0.15, -0.1) is 0 Å². The zero-order valence-electron chi connectivity index (χ0n) is 13.3. The monoisotopic (exact) mass is 314 g/mol. The SMILES string of the molecule is Cc1ccc(/C=C/C(=O)NC[C@H](c2ccco2)N2CCCC2)o1. The van der Waals surface area contributed by atoms with Crippen molar-refractivity contribution >= 4 is 12.0 Å². The number of amides is 1. The van der Waals surface area contributed by atoms with Gasteiger partial charge in [-0.3, -0.25) is 9.69 Å². The quantitative estimate of drug-likeness (QED) is 0.832. The molecule has 0 aliphatic carbocycles. The maximum absolute atomic E-state index is 12.0. The Morgan fingerprint density at radius 3 is 2.83 bits per heavy atom. The van der Waals surface area contributed by atoms with Crippen molar-refractivity contribution in [2.45, 2.75) is 25.8 Å². The van der Waals surface area contributed by atoms with Crippen LogP contribution >= 0.6 is 0 Å². The second-order valence-corrected chi connectivity index (χ2v) is 5.80. The summed E-state index contributed by atoms with van der Waals surface area (Å²) in [5.74, 6) is 2.28. The number of carbonyl (C=O) groups is 1. The van der Waals surface area contributed by atoms with E-state index in [1.165, 1.54) is 18.9 Å². The first-order valence-corrected chi connectivity index (χ1v) is 8.02. The van der Waals surface area contributed by atoms with Gasteiger partial charge in [0.1, 0.15) is 17.3 Å². The van der Waals surface area contributed by atoms with Gasteiger partial charge in [0.15, 0.2) is 0 Å². The molecule has 1 atom stereocenters. The second kappa shape index (κ2) is 7.33. The first kappa shape index (κ1) is 15.6. The van der Waals surface area contributed by atoms with E-state index in [-0.39, 0.29) is 11.9 Å². The highest BCUT2D eigenvalue weighted by molar-refractivity contribution is 5.91. The van der Waals surface area contributed by atoms with Gasteiger partial charge in [-0.05, 0) is 63.2 Å². The van der Waals surface area contributed by atoms with Gasteiger partial charge in [0.2, 0.25) is 5.91 Å². The largest absolute Gasteiger partial charge is 0.468 e. The molecular weight excluding hydrogens is 292 g/mol. The number of aryl methyl sites for hydroxylation is 1. The maximum Gasteiger partial charge on any atom is 0.244 e. The van der Waals surface area contributed by atoms with Crippen LogP contribution in [0.25, 0.3) is 6.08 Å². The Balaban J connectivity index is 1.57. The van der Waals surface area contributed by atoms with Crippen LogP contribution in [0.4, 0.5) is 0 Å². The Labute approximate surface area is 136 Å². The van der Waals surface area contributed by atoms with E-state index in [1.807, 2.05) is 31.2 Å². The van der Waals surface area contributed by atoms with Crippen LogP contribution in [-0.2, 0) is 4.79 Å². The highest BCUT2D eigenvalue weighted by atomic mass is 16.3. The van der Waals surface area contributed by atoms with Crippen molar-refractivity contribution in [2.75, 3.05) is 19.6 Å². The molecule has 0 bridgehead atoms. The van der Waals surface area contributed by atoms with E-state index in [1.54, 1.807) is 12.3 Å². The van der Waals surface area contributed by atoms with Crippen molar-refractivity contribution in [3.05, 3.63) is 53.9 Å². The predicted octanol–water partition coefficient (Wildman–Crippen LogP) is 3.15. The van der Waals surface area contributed by atoms with E-state index in [0.717, 1.165) is 24.6 Å². The fourth-order valence-corrected chi connectivity index (χ4v) is 2.90. The van der Waals surface area contributed by atoms with Crippen LogP contribution in [-0.4, -0.2) is 30.4 Å². The smallest absolute Gasteiger partial charge is 0.244 e. The molecule has 122 valence electrons. The summed E-state index contributed by atoms with van der Waals surface area (Å²) in [5.41, 5.74) is 0. The molecule has 0 spiro atoms. The van der Waals surface area contributed by atoms with Crippen LogP contribution in [0.5, 0.6) is 0 Å². The van der Waals surface area contributed by atoms with E-state index in [0.29, 0.717) is 12.3 Å². The lowest BCUT2D eigenvalue weighted by atomic mass is 10.2. The van der Waals surface area contributed by atoms with Gasteiger partial charge in [0, 0.05) is 12.6 Å². The number of nitrogens with one attached hydrogen (secondary N) is 1. The van der Waals surface area contributed by atoms with Gasteiger partial charge >= 0.3 is 0 Å². The average molecular weight is 314 g/mol. The maximum atomic E-state index is 12.0. The van der Waals surface area contributed by atoms with E-state index in [4.69, 9.17) is 8.83 Å². The highest BCUT2D eigenvalue weighted by Gasteiger charge is 2.25. The van der Waals surface area contributed by atoms with Gasteiger partial charge in [0.25, 0.3) is 0 Å². The average Bonchev–Trinajstić information content (AvgIpc) is 3.28. The Bertz CT molecular complexity index is 652. The van der Waals surface area contributed by atoms with Crippen molar-refractivity contribution in [2.24, 2.45) is 0 Å². The molecule has 0 radical (unpaired) electrons. The number of likely N-dealkylation sites (tertiary alicyclic amines) is 1. The third kappa shape index (κ3) is 4.13. The molecule has 0 aromatic carbocycles. The predicted molar refractivity (Wildman–Crippen MR) is 87.7 cm³/mol. The molecule has 2 aromatic heterocycles. The minimum atomic E-state index is -0.130. The van der Waals surface area contributed by atoms with Gasteiger partial charge in [-0.2, -0.15) is 0 Å². The van der Waals surface area contributed by atoms with Crippen molar-refractivity contribution in [1.82, 2.24) is 10.2 Å². The standard InChI is InChI=1S/C18H22N2O3/c1-14-6-7-15(23-14)8-9-18(21)19-13-16(17-5-4-12-22-17)20-10-2-3-11-20/h4-9,12,16H,2-3,10-11,13H2,1H3,(H,19,21)/b9-8+/t16-/m1/s1. The summed E-state index contributed by atoms with van der Waals surface area (Å²) in [5, 5.41) is 2.96. The molecule has 23 heavy (non-hydrogen) atoms. The van der Waals surface area contributed by atoms with E-state index >= 15 is 0 Å². The molecule has 3 rings (SSSR count). The summed E-state index contributed by atoms with van der Waals surface area (Å²) in [6.07, 6.45) is 7.26. The molecule has 3 heterocycles. The molecule has 0 unspecified atom stereocenters. The molecule has 5 nitrogen and oxygen atoms in total. The summed E-state index contributed by atoms with van der Waals surface area (Å²) < 4.78 is 11.0. The van der Waals surface area contributed by atoms with Crippen LogP contribution < -0.4 is 5.32 Å². The van der Waals surface area contributed by atoms with Crippen LogP contribution in [0.2, 0.25) is 0 Å². The molecule has 1 aliphatic heterocycles. The Hall–Kier alpha value is -2.27. The number of hydrogen-bond donors (Lipinski definition) is 1.